The summed E-state index contributed by atoms with van der Waals surface area (Å²) in [5.41, 5.74) is 1.07. The molecule has 0 saturated carbocycles. The van der Waals surface area contributed by atoms with E-state index in [1.165, 1.54) is 17.2 Å². The molecule has 0 aliphatic carbocycles. The van der Waals surface area contributed by atoms with Crippen LogP contribution in [0.5, 0.6) is 17.2 Å². The van der Waals surface area contributed by atoms with Crippen molar-refractivity contribution in [1.29, 1.82) is 0 Å². The molecule has 3 aromatic heterocycles. The number of hydrogen-bond donors (Lipinski definition) is 1. The van der Waals surface area contributed by atoms with E-state index in [0.29, 0.717) is 41.9 Å². The van der Waals surface area contributed by atoms with Crippen molar-refractivity contribution in [3.05, 3.63) is 66.9 Å². The van der Waals surface area contributed by atoms with Crippen LogP contribution in [0.1, 0.15) is 20.8 Å². The second-order valence-corrected chi connectivity index (χ2v) is 11.5. The van der Waals surface area contributed by atoms with E-state index in [-0.39, 0.29) is 35.7 Å². The number of nitrogens with one attached hydrogen (secondary N) is 1. The molecule has 2 bridgehead atoms. The van der Waals surface area contributed by atoms with E-state index in [1.54, 1.807) is 23.2 Å². The van der Waals surface area contributed by atoms with Crippen LogP contribution in [0.15, 0.2) is 55.2 Å². The highest BCUT2D eigenvalue weighted by molar-refractivity contribution is 6.00. The zero-order valence-electron chi connectivity index (χ0n) is 24.1. The number of carbonyl (C=O) groups excluding carboxylic acids is 1. The topological polar surface area (TPSA) is 119 Å². The third kappa shape index (κ3) is 5.12. The van der Waals surface area contributed by atoms with E-state index in [9.17, 15) is 4.79 Å². The van der Waals surface area contributed by atoms with Crippen LogP contribution in [0.3, 0.4) is 0 Å². The van der Waals surface area contributed by atoms with E-state index in [4.69, 9.17) is 14.2 Å². The first-order chi connectivity index (χ1) is 21.1. The fourth-order valence-electron chi connectivity index (χ4n) is 5.38. The van der Waals surface area contributed by atoms with Gasteiger partial charge in [-0.3, -0.25) is 4.90 Å². The van der Waals surface area contributed by atoms with Crippen molar-refractivity contribution in [2.24, 2.45) is 0 Å². The molecule has 5 heterocycles. The minimum Gasteiger partial charge on any atom is -0.488 e. The quantitative estimate of drug-likeness (QED) is 0.290. The molecule has 7 rings (SSSR count). The standard InChI is InChI=1S/C30H28F2N8O4/c1-30(2,3)44-29(41)39-9-8-38-13-17(39)14-42-27-23(38)5-4-21-26(27)28(35-15-33-21)37-22-11-20(32)24(12-19(22)31)43-18-6-7-40-25(10-18)34-16-36-40/h4-7,10-12,15-17H,8-9,13-14H2,1-3H3,(H,33,35,37)/t17-/m1/s1. The van der Waals surface area contributed by atoms with Crippen LogP contribution in [0.4, 0.5) is 30.8 Å². The minimum atomic E-state index is -0.786. The summed E-state index contributed by atoms with van der Waals surface area (Å²) >= 11 is 0. The van der Waals surface area contributed by atoms with Crippen LogP contribution >= 0.6 is 0 Å². The Morgan fingerprint density at radius 2 is 1.91 bits per heavy atom. The van der Waals surface area contributed by atoms with Crippen LogP contribution in [-0.2, 0) is 4.74 Å². The van der Waals surface area contributed by atoms with Gasteiger partial charge in [-0.1, -0.05) is 0 Å². The van der Waals surface area contributed by atoms with E-state index >= 15 is 8.78 Å². The Morgan fingerprint density at radius 1 is 1.05 bits per heavy atom. The van der Waals surface area contributed by atoms with Gasteiger partial charge in [-0.25, -0.2) is 33.0 Å². The third-order valence-electron chi connectivity index (χ3n) is 7.36. The second-order valence-electron chi connectivity index (χ2n) is 11.5. The third-order valence-corrected chi connectivity index (χ3v) is 7.36. The molecule has 2 aliphatic heterocycles. The van der Waals surface area contributed by atoms with E-state index < -0.39 is 23.3 Å². The number of hydrogen-bond acceptors (Lipinski definition) is 10. The number of amides is 1. The van der Waals surface area contributed by atoms with Gasteiger partial charge in [0.05, 0.1) is 28.3 Å². The van der Waals surface area contributed by atoms with Crippen LogP contribution in [0, 0.1) is 11.6 Å². The molecule has 2 aromatic carbocycles. The van der Waals surface area contributed by atoms with Gasteiger partial charge >= 0.3 is 6.09 Å². The number of pyridine rings is 1. The number of aromatic nitrogens is 5. The molecule has 1 saturated heterocycles. The molecule has 0 unspecified atom stereocenters. The molecular weight excluding hydrogens is 574 g/mol. The van der Waals surface area contributed by atoms with Crippen molar-refractivity contribution in [2.75, 3.05) is 36.5 Å². The molecule has 226 valence electrons. The van der Waals surface area contributed by atoms with Gasteiger partial charge in [-0.2, -0.15) is 5.10 Å². The predicted octanol–water partition coefficient (Wildman–Crippen LogP) is 5.30. The highest BCUT2D eigenvalue weighted by Gasteiger charge is 2.37. The van der Waals surface area contributed by atoms with Crippen LogP contribution < -0.4 is 19.7 Å². The number of rotatable bonds is 4. The fourth-order valence-corrected chi connectivity index (χ4v) is 5.38. The molecular formula is C30H28F2N8O4. The molecule has 12 nitrogen and oxygen atoms in total. The van der Waals surface area contributed by atoms with Crippen molar-refractivity contribution < 1.29 is 27.8 Å². The van der Waals surface area contributed by atoms with Crippen molar-refractivity contribution in [3.63, 3.8) is 0 Å². The highest BCUT2D eigenvalue weighted by atomic mass is 19.1. The van der Waals surface area contributed by atoms with Crippen molar-refractivity contribution in [1.82, 2.24) is 29.5 Å². The molecule has 1 atom stereocenters. The van der Waals surface area contributed by atoms with Crippen molar-refractivity contribution in [2.45, 2.75) is 32.4 Å². The van der Waals surface area contributed by atoms with Gasteiger partial charge in [0.15, 0.2) is 28.8 Å². The van der Waals surface area contributed by atoms with Crippen LogP contribution in [0.25, 0.3) is 16.6 Å². The maximum atomic E-state index is 15.4. The van der Waals surface area contributed by atoms with Gasteiger partial charge < -0.3 is 24.4 Å². The number of halogens is 2. The summed E-state index contributed by atoms with van der Waals surface area (Å²) in [5, 5.41) is 7.43. The van der Waals surface area contributed by atoms with Crippen molar-refractivity contribution in [3.8, 4) is 17.2 Å². The molecule has 1 amide bonds. The number of benzene rings is 2. The SMILES string of the molecule is CC(C)(C)OC(=O)N1CCN2C[C@@H]1COc1c2ccc2ncnc(Nc3cc(F)c(Oc4ccn5ncnc5c4)cc3F)c12. The Balaban J connectivity index is 1.18. The molecule has 14 heteroatoms. The van der Waals surface area contributed by atoms with E-state index in [0.717, 1.165) is 17.8 Å². The molecule has 1 fully saturated rings. The van der Waals surface area contributed by atoms with Gasteiger partial charge in [-0.15, -0.1) is 0 Å². The van der Waals surface area contributed by atoms with Gasteiger partial charge in [0.2, 0.25) is 0 Å². The maximum absolute atomic E-state index is 15.4. The average Bonchev–Trinajstić information content (AvgIpc) is 3.40. The molecule has 44 heavy (non-hydrogen) atoms. The Kier molecular flexibility index (Phi) is 6.56. The van der Waals surface area contributed by atoms with Gasteiger partial charge in [0, 0.05) is 44.0 Å². The molecule has 1 N–H and O–H groups in total. The lowest BCUT2D eigenvalue weighted by Gasteiger charge is -2.40. The highest BCUT2D eigenvalue weighted by Crippen LogP contribution is 2.42. The smallest absolute Gasteiger partial charge is 0.410 e. The lowest BCUT2D eigenvalue weighted by molar-refractivity contribution is 0.00980. The number of nitrogens with zero attached hydrogens (tertiary/aromatic N) is 7. The summed E-state index contributed by atoms with van der Waals surface area (Å²) in [6.07, 6.45) is 3.93. The lowest BCUT2D eigenvalue weighted by atomic mass is 10.1. The summed E-state index contributed by atoms with van der Waals surface area (Å²) < 4.78 is 49.6. The van der Waals surface area contributed by atoms with E-state index in [1.807, 2.05) is 32.9 Å². The average molecular weight is 603 g/mol. The molecule has 0 spiro atoms. The summed E-state index contributed by atoms with van der Waals surface area (Å²) in [7, 11) is 0. The first kappa shape index (κ1) is 27.6. The Morgan fingerprint density at radius 3 is 2.75 bits per heavy atom. The molecule has 5 aromatic rings. The Bertz CT molecular complexity index is 1910. The zero-order chi connectivity index (χ0) is 30.6. The van der Waals surface area contributed by atoms with Crippen LogP contribution in [0.2, 0.25) is 0 Å². The summed E-state index contributed by atoms with van der Waals surface area (Å²) in [5.74, 6) is -0.840. The number of piperazine rings is 1. The largest absolute Gasteiger partial charge is 0.488 e. The number of fused-ring (bicyclic) bond motifs is 7. The number of carbonyl (C=O) groups is 1. The van der Waals surface area contributed by atoms with Crippen LogP contribution in [-0.4, -0.2) is 73.4 Å². The summed E-state index contributed by atoms with van der Waals surface area (Å²) in [4.78, 5) is 29.5. The normalized spacial score (nSPS) is 16.3. The first-order valence-corrected chi connectivity index (χ1v) is 14.0. The maximum Gasteiger partial charge on any atom is 0.410 e. The fraction of sp³-hybridized carbons (Fsp3) is 0.300. The Hall–Kier alpha value is -5.27. The number of ether oxygens (including phenoxy) is 3. The zero-order valence-corrected chi connectivity index (χ0v) is 24.1. The summed E-state index contributed by atoms with van der Waals surface area (Å²) in [6, 6.07) is 8.58. The lowest BCUT2D eigenvalue weighted by Crippen LogP contribution is -2.57. The monoisotopic (exact) mass is 602 g/mol. The van der Waals surface area contributed by atoms with Gasteiger partial charge in [0.25, 0.3) is 0 Å². The second kappa shape index (κ2) is 10.5. The Labute approximate surface area is 250 Å². The molecule has 2 aliphatic rings. The molecule has 0 radical (unpaired) electrons. The van der Waals surface area contributed by atoms with E-state index in [2.05, 4.69) is 30.3 Å². The summed E-state index contributed by atoms with van der Waals surface area (Å²) in [6.45, 7) is 7.25. The van der Waals surface area contributed by atoms with Gasteiger partial charge in [-0.05, 0) is 39.0 Å². The minimum absolute atomic E-state index is 0.149. The predicted molar refractivity (Wildman–Crippen MR) is 157 cm³/mol. The first-order valence-electron chi connectivity index (χ1n) is 14.0. The number of anilines is 3. The van der Waals surface area contributed by atoms with Crippen molar-refractivity contribution >= 4 is 39.8 Å². The van der Waals surface area contributed by atoms with Gasteiger partial charge in [0.1, 0.15) is 36.4 Å².